The van der Waals surface area contributed by atoms with Gasteiger partial charge in [0.25, 0.3) is 0 Å². The van der Waals surface area contributed by atoms with Crippen molar-refractivity contribution in [3.63, 3.8) is 0 Å². The third kappa shape index (κ3) is 4.22. The van der Waals surface area contributed by atoms with Gasteiger partial charge in [0.1, 0.15) is 0 Å². The summed E-state index contributed by atoms with van der Waals surface area (Å²) < 4.78 is 1.95. The molecule has 0 N–H and O–H groups in total. The first kappa shape index (κ1) is 12.4. The third-order valence-electron chi connectivity index (χ3n) is 2.00. The molecular formula is C9H20N2OSi. The molecule has 0 unspecified atom stereocenters. The van der Waals surface area contributed by atoms with Gasteiger partial charge in [0.05, 0.1) is 5.71 Å². The van der Waals surface area contributed by atoms with Gasteiger partial charge < -0.3 is 4.67 Å². The second-order valence-electron chi connectivity index (χ2n) is 4.16. The van der Waals surface area contributed by atoms with Crippen LogP contribution in [-0.2, 0) is 4.79 Å². The molecule has 13 heavy (non-hydrogen) atoms. The molecule has 0 aromatic rings. The normalized spacial score (nSPS) is 12.9. The first-order chi connectivity index (χ1) is 5.79. The van der Waals surface area contributed by atoms with E-state index in [1.165, 1.54) is 0 Å². The number of carbonyl (C=O) groups excluding carboxylic acids is 1. The van der Waals surface area contributed by atoms with Crippen LogP contribution in [0.15, 0.2) is 5.10 Å². The number of hydrogen-bond donors (Lipinski definition) is 0. The lowest BCUT2D eigenvalue weighted by Crippen LogP contribution is -2.40. The zero-order chi connectivity index (χ0) is 10.6. The molecule has 0 saturated carbocycles. The molecular weight excluding hydrogens is 180 g/mol. The van der Waals surface area contributed by atoms with Crippen molar-refractivity contribution in [2.75, 3.05) is 7.05 Å². The molecule has 0 aromatic carbocycles. The van der Waals surface area contributed by atoms with Crippen molar-refractivity contribution >= 4 is 19.7 Å². The molecule has 0 amide bonds. The van der Waals surface area contributed by atoms with E-state index >= 15 is 0 Å². The summed E-state index contributed by atoms with van der Waals surface area (Å²) in [5, 5.41) is 4.28. The molecule has 3 nitrogen and oxygen atoms in total. The first-order valence-electron chi connectivity index (χ1n) is 4.61. The smallest absolute Gasteiger partial charge is 0.178 e. The molecule has 0 spiro atoms. The fourth-order valence-corrected chi connectivity index (χ4v) is 1.14. The maximum absolute atomic E-state index is 11.2. The fraction of sp³-hybridized carbons (Fsp3) is 0.778. The molecule has 0 aromatic heterocycles. The van der Waals surface area contributed by atoms with E-state index in [4.69, 9.17) is 0 Å². The number of carbonyl (C=O) groups is 1. The minimum Gasteiger partial charge on any atom is -0.327 e. The van der Waals surface area contributed by atoms with Crippen LogP contribution in [0.2, 0.25) is 19.6 Å². The van der Waals surface area contributed by atoms with Crippen LogP contribution in [0.4, 0.5) is 0 Å². The van der Waals surface area contributed by atoms with Gasteiger partial charge in [-0.25, -0.2) is 0 Å². The molecule has 0 saturated heterocycles. The Labute approximate surface area is 81.9 Å². The van der Waals surface area contributed by atoms with Crippen molar-refractivity contribution in [1.82, 2.24) is 4.67 Å². The molecule has 0 aliphatic rings. The van der Waals surface area contributed by atoms with E-state index in [0.717, 1.165) is 0 Å². The van der Waals surface area contributed by atoms with Gasteiger partial charge in [-0.1, -0.05) is 26.6 Å². The Balaban J connectivity index is 4.48. The molecule has 0 rings (SSSR count). The van der Waals surface area contributed by atoms with Crippen molar-refractivity contribution in [1.29, 1.82) is 0 Å². The van der Waals surface area contributed by atoms with E-state index in [9.17, 15) is 4.79 Å². The Morgan fingerprint density at radius 2 is 1.85 bits per heavy atom. The predicted octanol–water partition coefficient (Wildman–Crippen LogP) is 2.11. The lowest BCUT2D eigenvalue weighted by Gasteiger charge is -2.27. The Kier molecular flexibility index (Phi) is 4.33. The molecule has 0 radical (unpaired) electrons. The van der Waals surface area contributed by atoms with Crippen molar-refractivity contribution in [2.45, 2.75) is 39.9 Å². The van der Waals surface area contributed by atoms with Crippen molar-refractivity contribution in [3.05, 3.63) is 0 Å². The van der Waals surface area contributed by atoms with Crippen LogP contribution in [0.25, 0.3) is 0 Å². The topological polar surface area (TPSA) is 32.7 Å². The lowest BCUT2D eigenvalue weighted by molar-refractivity contribution is -0.112. The number of ketones is 1. The molecule has 0 heterocycles. The minimum atomic E-state index is -1.39. The van der Waals surface area contributed by atoms with Gasteiger partial charge >= 0.3 is 0 Å². The largest absolute Gasteiger partial charge is 0.327 e. The van der Waals surface area contributed by atoms with Gasteiger partial charge in [-0.05, 0) is 6.92 Å². The predicted molar refractivity (Wildman–Crippen MR) is 59.5 cm³/mol. The highest BCUT2D eigenvalue weighted by molar-refractivity contribution is 6.73. The van der Waals surface area contributed by atoms with Crippen LogP contribution in [0.5, 0.6) is 0 Å². The van der Waals surface area contributed by atoms with Crippen LogP contribution >= 0.6 is 0 Å². The minimum absolute atomic E-state index is 0.130. The number of Topliss-reactive ketones (excluding diaryl/α,β-unsaturated/α-hetero) is 1. The standard InChI is InChI=1S/C9H20N2OSi/c1-7-9(12)8(2)10-11(3)13(4,5)6/h7H2,1-6H3. The first-order valence-corrected chi connectivity index (χ1v) is 8.06. The van der Waals surface area contributed by atoms with Crippen LogP contribution in [0, 0.1) is 0 Å². The van der Waals surface area contributed by atoms with Gasteiger partial charge in [0.15, 0.2) is 14.0 Å². The van der Waals surface area contributed by atoms with Gasteiger partial charge in [-0.2, -0.15) is 5.10 Å². The van der Waals surface area contributed by atoms with E-state index in [1.807, 2.05) is 18.6 Å². The summed E-state index contributed by atoms with van der Waals surface area (Å²) in [6.45, 7) is 10.2. The summed E-state index contributed by atoms with van der Waals surface area (Å²) in [4.78, 5) is 11.2. The Bertz CT molecular complexity index is 218. The highest BCUT2D eigenvalue weighted by atomic mass is 28.3. The second kappa shape index (κ2) is 4.55. The molecule has 0 atom stereocenters. The maximum Gasteiger partial charge on any atom is 0.178 e. The van der Waals surface area contributed by atoms with Crippen LogP contribution < -0.4 is 0 Å². The molecule has 4 heteroatoms. The Morgan fingerprint density at radius 1 is 1.38 bits per heavy atom. The van der Waals surface area contributed by atoms with E-state index < -0.39 is 8.24 Å². The number of rotatable bonds is 4. The number of hydrazone groups is 1. The highest BCUT2D eigenvalue weighted by Crippen LogP contribution is 2.06. The average molecular weight is 200 g/mol. The third-order valence-corrected chi connectivity index (χ3v) is 4.04. The van der Waals surface area contributed by atoms with Crippen molar-refractivity contribution < 1.29 is 4.79 Å². The molecule has 0 bridgehead atoms. The molecule has 0 aliphatic carbocycles. The molecule has 76 valence electrons. The zero-order valence-corrected chi connectivity index (χ0v) is 10.5. The number of hydrogen-bond acceptors (Lipinski definition) is 3. The maximum atomic E-state index is 11.2. The van der Waals surface area contributed by atoms with Gasteiger partial charge in [0, 0.05) is 13.5 Å². The molecule has 0 fully saturated rings. The Morgan fingerprint density at radius 3 is 2.15 bits per heavy atom. The van der Waals surface area contributed by atoms with Gasteiger partial charge in [0.2, 0.25) is 0 Å². The summed E-state index contributed by atoms with van der Waals surface area (Å²) in [7, 11) is 0.555. The van der Waals surface area contributed by atoms with E-state index in [1.54, 1.807) is 6.92 Å². The van der Waals surface area contributed by atoms with E-state index in [-0.39, 0.29) is 5.78 Å². The second-order valence-corrected chi connectivity index (χ2v) is 9.15. The SMILES string of the molecule is CCC(=O)C(C)=NN(C)[Si](C)(C)C. The Hall–Kier alpha value is -0.643. The van der Waals surface area contributed by atoms with E-state index in [2.05, 4.69) is 24.7 Å². The summed E-state index contributed by atoms with van der Waals surface area (Å²) in [6, 6.07) is 0. The van der Waals surface area contributed by atoms with Gasteiger partial charge in [-0.15, -0.1) is 0 Å². The summed E-state index contributed by atoms with van der Waals surface area (Å²) >= 11 is 0. The van der Waals surface area contributed by atoms with Crippen molar-refractivity contribution in [3.8, 4) is 0 Å². The highest BCUT2D eigenvalue weighted by Gasteiger charge is 2.19. The summed E-state index contributed by atoms with van der Waals surface area (Å²) in [5.74, 6) is 0.130. The van der Waals surface area contributed by atoms with Crippen LogP contribution in [-0.4, -0.2) is 31.5 Å². The molecule has 0 aliphatic heterocycles. The zero-order valence-electron chi connectivity index (χ0n) is 9.51. The lowest BCUT2D eigenvalue weighted by atomic mass is 10.2. The monoisotopic (exact) mass is 200 g/mol. The van der Waals surface area contributed by atoms with Crippen LogP contribution in [0.1, 0.15) is 20.3 Å². The fourth-order valence-electron chi connectivity index (χ4n) is 0.687. The summed E-state index contributed by atoms with van der Waals surface area (Å²) in [6.07, 6.45) is 0.537. The van der Waals surface area contributed by atoms with Crippen molar-refractivity contribution in [2.24, 2.45) is 5.10 Å². The average Bonchev–Trinajstić information content (AvgIpc) is 2.01. The van der Waals surface area contributed by atoms with Gasteiger partial charge in [-0.3, -0.25) is 4.79 Å². The summed E-state index contributed by atoms with van der Waals surface area (Å²) in [5.41, 5.74) is 0.618. The van der Waals surface area contributed by atoms with Crippen LogP contribution in [0.3, 0.4) is 0 Å². The quantitative estimate of drug-likeness (QED) is 0.395. The number of nitrogens with zero attached hydrogens (tertiary/aromatic N) is 2. The van der Waals surface area contributed by atoms with E-state index in [0.29, 0.717) is 12.1 Å².